The van der Waals surface area contributed by atoms with Gasteiger partial charge in [0.2, 0.25) is 5.91 Å². The third-order valence-corrected chi connectivity index (χ3v) is 4.01. The number of imidazole rings is 1. The van der Waals surface area contributed by atoms with Crippen LogP contribution < -0.4 is 14.8 Å². The van der Waals surface area contributed by atoms with Crippen LogP contribution in [-0.4, -0.2) is 35.6 Å². The molecule has 6 nitrogen and oxygen atoms in total. The van der Waals surface area contributed by atoms with Crippen LogP contribution in [-0.2, 0) is 11.2 Å². The molecule has 0 fully saturated rings. The number of nitrogens with zero attached hydrogens (tertiary/aromatic N) is 2. The van der Waals surface area contributed by atoms with Gasteiger partial charge in [-0.2, -0.15) is 0 Å². The molecule has 2 heterocycles. The summed E-state index contributed by atoms with van der Waals surface area (Å²) in [6, 6.07) is 11.4. The lowest BCUT2D eigenvalue weighted by Crippen LogP contribution is -2.23. The molecule has 1 N–H and O–H groups in total. The van der Waals surface area contributed by atoms with Crippen LogP contribution in [0.1, 0.15) is 18.2 Å². The predicted octanol–water partition coefficient (Wildman–Crippen LogP) is 3.11. The molecular weight excluding hydrogens is 342 g/mol. The quantitative estimate of drug-likeness (QED) is 0.623. The Morgan fingerprint density at radius 1 is 1.26 bits per heavy atom. The summed E-state index contributed by atoms with van der Waals surface area (Å²) in [4.78, 5) is 16.5. The summed E-state index contributed by atoms with van der Waals surface area (Å²) in [6.07, 6.45) is 7.87. The number of carbonyl (C=O) groups is 1. The molecule has 27 heavy (non-hydrogen) atoms. The Morgan fingerprint density at radius 2 is 2.15 bits per heavy atom. The first-order chi connectivity index (χ1) is 13.2. The highest BCUT2D eigenvalue weighted by molar-refractivity contribution is 5.91. The van der Waals surface area contributed by atoms with Gasteiger partial charge in [0.1, 0.15) is 5.65 Å². The van der Waals surface area contributed by atoms with Crippen LogP contribution in [0.4, 0.5) is 0 Å². The van der Waals surface area contributed by atoms with E-state index in [-0.39, 0.29) is 5.91 Å². The molecular formula is C21H23N3O3. The SMILES string of the molecule is CCOc1ccc(/C=C/C(=O)NCCc2cn3ccccc3n2)cc1OC. The largest absolute Gasteiger partial charge is 0.493 e. The highest BCUT2D eigenvalue weighted by Crippen LogP contribution is 2.28. The number of nitrogens with one attached hydrogen (secondary N) is 1. The summed E-state index contributed by atoms with van der Waals surface area (Å²) >= 11 is 0. The average molecular weight is 365 g/mol. The van der Waals surface area contributed by atoms with E-state index >= 15 is 0 Å². The van der Waals surface area contributed by atoms with E-state index in [2.05, 4.69) is 10.3 Å². The number of amides is 1. The fraction of sp³-hybridized carbons (Fsp3) is 0.238. The van der Waals surface area contributed by atoms with Gasteiger partial charge in [-0.15, -0.1) is 0 Å². The Balaban J connectivity index is 1.52. The maximum atomic E-state index is 12.0. The molecule has 0 saturated carbocycles. The van der Waals surface area contributed by atoms with Crippen molar-refractivity contribution >= 4 is 17.6 Å². The van der Waals surface area contributed by atoms with Gasteiger partial charge in [0.15, 0.2) is 11.5 Å². The number of aromatic nitrogens is 2. The molecule has 1 aromatic carbocycles. The van der Waals surface area contributed by atoms with Gasteiger partial charge in [0.05, 0.1) is 19.4 Å². The molecule has 3 aromatic rings. The second-order valence-corrected chi connectivity index (χ2v) is 5.92. The number of benzene rings is 1. The Bertz CT molecular complexity index is 914. The van der Waals surface area contributed by atoms with Crippen molar-refractivity contribution in [2.75, 3.05) is 20.3 Å². The van der Waals surface area contributed by atoms with E-state index in [4.69, 9.17) is 9.47 Å². The summed E-state index contributed by atoms with van der Waals surface area (Å²) in [5, 5.41) is 2.88. The molecule has 0 saturated heterocycles. The van der Waals surface area contributed by atoms with Crippen LogP contribution in [0.3, 0.4) is 0 Å². The molecule has 2 aromatic heterocycles. The monoisotopic (exact) mass is 365 g/mol. The number of carbonyl (C=O) groups excluding carboxylic acids is 1. The van der Waals surface area contributed by atoms with Gasteiger partial charge in [-0.3, -0.25) is 4.79 Å². The van der Waals surface area contributed by atoms with Crippen molar-refractivity contribution in [3.8, 4) is 11.5 Å². The second-order valence-electron chi connectivity index (χ2n) is 5.92. The van der Waals surface area contributed by atoms with Crippen molar-refractivity contribution in [3.05, 3.63) is 66.1 Å². The highest BCUT2D eigenvalue weighted by atomic mass is 16.5. The maximum Gasteiger partial charge on any atom is 0.244 e. The molecule has 6 heteroatoms. The van der Waals surface area contributed by atoms with Crippen molar-refractivity contribution in [1.29, 1.82) is 0 Å². The van der Waals surface area contributed by atoms with Crippen molar-refractivity contribution in [2.45, 2.75) is 13.3 Å². The van der Waals surface area contributed by atoms with Crippen molar-refractivity contribution < 1.29 is 14.3 Å². The Morgan fingerprint density at radius 3 is 2.93 bits per heavy atom. The minimum Gasteiger partial charge on any atom is -0.493 e. The molecule has 0 aliphatic carbocycles. The molecule has 140 valence electrons. The standard InChI is InChI=1S/C21H23N3O3/c1-3-27-18-9-7-16(14-19(18)26-2)8-10-21(25)22-12-11-17-15-24-13-5-4-6-20(24)23-17/h4-10,13-15H,3,11-12H2,1-2H3,(H,22,25)/b10-8+. The third kappa shape index (κ3) is 4.88. The lowest BCUT2D eigenvalue weighted by Gasteiger charge is -2.09. The molecule has 0 radical (unpaired) electrons. The topological polar surface area (TPSA) is 64.9 Å². The van der Waals surface area contributed by atoms with Crippen molar-refractivity contribution in [1.82, 2.24) is 14.7 Å². The fourth-order valence-electron chi connectivity index (χ4n) is 2.71. The number of rotatable bonds is 8. The van der Waals surface area contributed by atoms with Crippen LogP contribution in [0.5, 0.6) is 11.5 Å². The fourth-order valence-corrected chi connectivity index (χ4v) is 2.71. The molecule has 3 rings (SSSR count). The van der Waals surface area contributed by atoms with E-state index in [9.17, 15) is 4.79 Å². The number of methoxy groups -OCH3 is 1. The smallest absolute Gasteiger partial charge is 0.244 e. The van der Waals surface area contributed by atoms with Crippen LogP contribution in [0, 0.1) is 0 Å². The first-order valence-corrected chi connectivity index (χ1v) is 8.89. The van der Waals surface area contributed by atoms with E-state index in [1.54, 1.807) is 13.2 Å². The summed E-state index contributed by atoms with van der Waals surface area (Å²) in [5.74, 6) is 1.19. The zero-order chi connectivity index (χ0) is 19.1. The molecule has 1 amide bonds. The number of fused-ring (bicyclic) bond motifs is 1. The van der Waals surface area contributed by atoms with Crippen molar-refractivity contribution in [3.63, 3.8) is 0 Å². The van der Waals surface area contributed by atoms with Crippen LogP contribution >= 0.6 is 0 Å². The zero-order valence-electron chi connectivity index (χ0n) is 15.5. The van der Waals surface area contributed by atoms with E-state index in [0.717, 1.165) is 16.9 Å². The van der Waals surface area contributed by atoms with Crippen molar-refractivity contribution in [2.24, 2.45) is 0 Å². The first kappa shape index (κ1) is 18.5. The predicted molar refractivity (Wildman–Crippen MR) is 105 cm³/mol. The third-order valence-electron chi connectivity index (χ3n) is 4.01. The number of hydrogen-bond donors (Lipinski definition) is 1. The van der Waals surface area contributed by atoms with E-state index < -0.39 is 0 Å². The van der Waals surface area contributed by atoms with Gasteiger partial charge in [-0.05, 0) is 42.8 Å². The molecule has 0 aliphatic rings. The van der Waals surface area contributed by atoms with Gasteiger partial charge in [-0.25, -0.2) is 4.98 Å². The zero-order valence-corrected chi connectivity index (χ0v) is 15.5. The summed E-state index contributed by atoms with van der Waals surface area (Å²) in [7, 11) is 1.59. The lowest BCUT2D eigenvalue weighted by atomic mass is 10.2. The van der Waals surface area contributed by atoms with Crippen LogP contribution in [0.15, 0.2) is 54.9 Å². The molecule has 0 spiro atoms. The minimum absolute atomic E-state index is 0.147. The van der Waals surface area contributed by atoms with E-state index in [1.807, 2.05) is 60.1 Å². The molecule has 0 aliphatic heterocycles. The van der Waals surface area contributed by atoms with E-state index in [1.165, 1.54) is 6.08 Å². The molecule has 0 unspecified atom stereocenters. The summed E-state index contributed by atoms with van der Waals surface area (Å²) in [6.45, 7) is 3.02. The van der Waals surface area contributed by atoms with Gasteiger partial charge < -0.3 is 19.2 Å². The number of ether oxygens (including phenoxy) is 2. The summed E-state index contributed by atoms with van der Waals surface area (Å²) < 4.78 is 12.8. The van der Waals surface area contributed by atoms with E-state index in [0.29, 0.717) is 31.1 Å². The highest BCUT2D eigenvalue weighted by Gasteiger charge is 2.05. The first-order valence-electron chi connectivity index (χ1n) is 8.89. The van der Waals surface area contributed by atoms with Gasteiger partial charge >= 0.3 is 0 Å². The lowest BCUT2D eigenvalue weighted by molar-refractivity contribution is -0.116. The molecule has 0 atom stereocenters. The number of hydrogen-bond acceptors (Lipinski definition) is 4. The van der Waals surface area contributed by atoms with Gasteiger partial charge in [0.25, 0.3) is 0 Å². The second kappa shape index (κ2) is 8.89. The minimum atomic E-state index is -0.147. The Labute approximate surface area is 158 Å². The van der Waals surface area contributed by atoms with Crippen LogP contribution in [0.2, 0.25) is 0 Å². The Kier molecular flexibility index (Phi) is 6.10. The summed E-state index contributed by atoms with van der Waals surface area (Å²) in [5.41, 5.74) is 2.72. The van der Waals surface area contributed by atoms with Gasteiger partial charge in [-0.1, -0.05) is 12.1 Å². The Hall–Kier alpha value is -3.28. The maximum absolute atomic E-state index is 12.0. The molecule has 0 bridgehead atoms. The average Bonchev–Trinajstić information content (AvgIpc) is 3.10. The number of pyridine rings is 1. The van der Waals surface area contributed by atoms with Gasteiger partial charge in [0, 0.05) is 31.4 Å². The normalized spacial score (nSPS) is 11.0. The van der Waals surface area contributed by atoms with Crippen LogP contribution in [0.25, 0.3) is 11.7 Å².